The van der Waals surface area contributed by atoms with Crippen molar-refractivity contribution in [2.45, 2.75) is 64.5 Å². The van der Waals surface area contributed by atoms with Crippen molar-refractivity contribution in [3.63, 3.8) is 0 Å². The normalized spacial score (nSPS) is 23.2. The van der Waals surface area contributed by atoms with E-state index in [1.165, 1.54) is 11.5 Å². The lowest BCUT2D eigenvalue weighted by Crippen LogP contribution is -2.48. The first-order chi connectivity index (χ1) is 11.5. The Morgan fingerprint density at radius 1 is 1.46 bits per heavy atom. The highest BCUT2D eigenvalue weighted by Crippen LogP contribution is 2.41. The number of carbonyl (C=O) groups excluding carboxylic acids is 1. The molecule has 2 aliphatic rings. The Bertz CT molecular complexity index is 569. The molecular formula is C17H28N4O2S. The summed E-state index contributed by atoms with van der Waals surface area (Å²) in [6.07, 6.45) is 4.40. The monoisotopic (exact) mass is 352 g/mol. The predicted molar refractivity (Wildman–Crippen MR) is 95.4 cm³/mol. The molecule has 1 unspecified atom stereocenters. The van der Waals surface area contributed by atoms with Gasteiger partial charge in [-0.25, -0.2) is 4.98 Å². The van der Waals surface area contributed by atoms with Crippen molar-refractivity contribution >= 4 is 22.6 Å². The highest BCUT2D eigenvalue weighted by atomic mass is 32.1. The number of aromatic nitrogens is 2. The molecule has 2 aliphatic heterocycles. The second-order valence-corrected chi connectivity index (χ2v) is 8.09. The zero-order valence-electron chi connectivity index (χ0n) is 14.9. The van der Waals surface area contributed by atoms with E-state index in [4.69, 9.17) is 9.72 Å². The number of nitrogens with zero attached hydrogens (tertiary/aromatic N) is 3. The molecule has 1 aromatic heterocycles. The van der Waals surface area contributed by atoms with Crippen molar-refractivity contribution in [3.8, 4) is 0 Å². The van der Waals surface area contributed by atoms with Crippen LogP contribution in [0.2, 0.25) is 0 Å². The third-order valence-electron chi connectivity index (χ3n) is 4.99. The lowest BCUT2D eigenvalue weighted by Gasteiger charge is -2.40. The summed E-state index contributed by atoms with van der Waals surface area (Å²) in [5.74, 6) is 1.45. The number of hydrogen-bond acceptors (Lipinski definition) is 6. The van der Waals surface area contributed by atoms with E-state index in [0.29, 0.717) is 12.3 Å². The maximum atomic E-state index is 12.2. The Hall–Kier alpha value is -1.21. The first-order valence-corrected chi connectivity index (χ1v) is 9.77. The topological polar surface area (TPSA) is 67.4 Å². The van der Waals surface area contributed by atoms with Crippen LogP contribution >= 0.6 is 11.5 Å². The van der Waals surface area contributed by atoms with Crippen LogP contribution in [0.4, 0.5) is 5.13 Å². The Morgan fingerprint density at radius 2 is 2.21 bits per heavy atom. The highest BCUT2D eigenvalue weighted by Gasteiger charge is 2.48. The third-order valence-corrected chi connectivity index (χ3v) is 5.77. The zero-order chi connectivity index (χ0) is 17.2. The van der Waals surface area contributed by atoms with Gasteiger partial charge in [-0.1, -0.05) is 20.8 Å². The summed E-state index contributed by atoms with van der Waals surface area (Å²) in [7, 11) is 0. The largest absolute Gasteiger partial charge is 0.381 e. The molecule has 134 valence electrons. The quantitative estimate of drug-likeness (QED) is 0.881. The van der Waals surface area contributed by atoms with Crippen molar-refractivity contribution < 1.29 is 9.53 Å². The minimum absolute atomic E-state index is 0.0541. The molecule has 0 radical (unpaired) electrons. The standard InChI is InChI=1S/C17H28N4O2S/c1-4-14-19-16(24-20-14)21-11-13(18-15(22)9-12(2)3)10-17(21)5-7-23-8-6-17/h12-13H,4-11H2,1-3H3,(H,18,22). The summed E-state index contributed by atoms with van der Waals surface area (Å²) in [6, 6.07) is 0.184. The van der Waals surface area contributed by atoms with E-state index in [-0.39, 0.29) is 17.5 Å². The summed E-state index contributed by atoms with van der Waals surface area (Å²) in [5.41, 5.74) is 0.0541. The minimum Gasteiger partial charge on any atom is -0.381 e. The lowest BCUT2D eigenvalue weighted by molar-refractivity contribution is -0.122. The van der Waals surface area contributed by atoms with Crippen LogP contribution in [0.3, 0.4) is 0 Å². The Balaban J connectivity index is 1.76. The minimum atomic E-state index is 0.0541. The van der Waals surface area contributed by atoms with Crippen LogP contribution in [0.25, 0.3) is 0 Å². The predicted octanol–water partition coefficient (Wildman–Crippen LogP) is 2.39. The average molecular weight is 353 g/mol. The molecule has 24 heavy (non-hydrogen) atoms. The molecule has 0 aromatic carbocycles. The molecular weight excluding hydrogens is 324 g/mol. The van der Waals surface area contributed by atoms with E-state index < -0.39 is 0 Å². The van der Waals surface area contributed by atoms with Gasteiger partial charge in [-0.3, -0.25) is 4.79 Å². The van der Waals surface area contributed by atoms with Gasteiger partial charge in [0.25, 0.3) is 0 Å². The maximum Gasteiger partial charge on any atom is 0.220 e. The molecule has 2 saturated heterocycles. The van der Waals surface area contributed by atoms with Crippen molar-refractivity contribution in [2.24, 2.45) is 5.92 Å². The van der Waals surface area contributed by atoms with E-state index in [1.54, 1.807) is 0 Å². The Kier molecular flexibility index (Phi) is 5.39. The first-order valence-electron chi connectivity index (χ1n) is 9.00. The third kappa shape index (κ3) is 3.72. The van der Waals surface area contributed by atoms with Gasteiger partial charge in [0.2, 0.25) is 11.0 Å². The molecule has 0 bridgehead atoms. The molecule has 1 amide bonds. The molecule has 2 fully saturated rings. The summed E-state index contributed by atoms with van der Waals surface area (Å²) < 4.78 is 10.0. The fourth-order valence-corrected chi connectivity index (χ4v) is 4.68. The number of ether oxygens (including phenoxy) is 1. The highest BCUT2D eigenvalue weighted by molar-refractivity contribution is 7.09. The summed E-state index contributed by atoms with van der Waals surface area (Å²) in [6.45, 7) is 8.62. The second kappa shape index (κ2) is 7.35. The van der Waals surface area contributed by atoms with Crippen molar-refractivity contribution in [1.29, 1.82) is 0 Å². The fourth-order valence-electron chi connectivity index (χ4n) is 3.81. The number of rotatable bonds is 5. The average Bonchev–Trinajstić information content (AvgIpc) is 3.12. The van der Waals surface area contributed by atoms with Crippen LogP contribution < -0.4 is 10.2 Å². The summed E-state index contributed by atoms with van der Waals surface area (Å²) in [4.78, 5) is 19.3. The molecule has 3 rings (SSSR count). The fraction of sp³-hybridized carbons (Fsp3) is 0.824. The van der Waals surface area contributed by atoms with Crippen LogP contribution in [-0.2, 0) is 16.0 Å². The van der Waals surface area contributed by atoms with Crippen LogP contribution in [0.15, 0.2) is 0 Å². The van der Waals surface area contributed by atoms with Crippen molar-refractivity contribution in [3.05, 3.63) is 5.82 Å². The van der Waals surface area contributed by atoms with E-state index >= 15 is 0 Å². The smallest absolute Gasteiger partial charge is 0.220 e. The molecule has 0 saturated carbocycles. The maximum absolute atomic E-state index is 12.2. The van der Waals surface area contributed by atoms with Gasteiger partial charge in [0, 0.05) is 55.7 Å². The van der Waals surface area contributed by atoms with Gasteiger partial charge in [-0.15, -0.1) is 0 Å². The first kappa shape index (κ1) is 17.6. The zero-order valence-corrected chi connectivity index (χ0v) is 15.7. The van der Waals surface area contributed by atoms with Gasteiger partial charge in [-0.2, -0.15) is 4.37 Å². The van der Waals surface area contributed by atoms with E-state index in [2.05, 4.69) is 35.4 Å². The summed E-state index contributed by atoms with van der Waals surface area (Å²) in [5, 5.41) is 4.23. The van der Waals surface area contributed by atoms with Gasteiger partial charge in [0.15, 0.2) is 0 Å². The van der Waals surface area contributed by atoms with Crippen LogP contribution in [0.1, 0.15) is 52.3 Å². The molecule has 6 nitrogen and oxygen atoms in total. The molecule has 1 aromatic rings. The van der Waals surface area contributed by atoms with Gasteiger partial charge < -0.3 is 15.0 Å². The molecule has 1 N–H and O–H groups in total. The summed E-state index contributed by atoms with van der Waals surface area (Å²) >= 11 is 1.48. The number of carbonyl (C=O) groups is 1. The lowest BCUT2D eigenvalue weighted by atomic mass is 9.86. The van der Waals surface area contributed by atoms with E-state index in [9.17, 15) is 4.79 Å². The van der Waals surface area contributed by atoms with Gasteiger partial charge in [-0.05, 0) is 25.2 Å². The number of aryl methyl sites for hydroxylation is 1. The number of hydrogen-bond donors (Lipinski definition) is 1. The van der Waals surface area contributed by atoms with E-state index in [0.717, 1.165) is 56.4 Å². The van der Waals surface area contributed by atoms with Crippen molar-refractivity contribution in [1.82, 2.24) is 14.7 Å². The number of anilines is 1. The molecule has 1 spiro atoms. The molecule has 0 aliphatic carbocycles. The van der Waals surface area contributed by atoms with Crippen molar-refractivity contribution in [2.75, 3.05) is 24.7 Å². The van der Waals surface area contributed by atoms with Crippen LogP contribution in [0.5, 0.6) is 0 Å². The number of nitrogens with one attached hydrogen (secondary N) is 1. The van der Waals surface area contributed by atoms with E-state index in [1.807, 2.05) is 0 Å². The van der Waals surface area contributed by atoms with Gasteiger partial charge in [0.05, 0.1) is 0 Å². The second-order valence-electron chi connectivity index (χ2n) is 7.36. The molecule has 1 atom stereocenters. The molecule has 3 heterocycles. The SMILES string of the molecule is CCc1nsc(N2CC(NC(=O)CC(C)C)CC23CCOCC3)n1. The van der Waals surface area contributed by atoms with Gasteiger partial charge >= 0.3 is 0 Å². The van der Waals surface area contributed by atoms with Crippen LogP contribution in [0, 0.1) is 5.92 Å². The van der Waals surface area contributed by atoms with Gasteiger partial charge in [0.1, 0.15) is 5.82 Å². The Morgan fingerprint density at radius 3 is 2.83 bits per heavy atom. The Labute approximate surface area is 148 Å². The van der Waals surface area contributed by atoms with Crippen LogP contribution in [-0.4, -0.2) is 46.6 Å². The number of amides is 1. The molecule has 7 heteroatoms.